The van der Waals surface area contributed by atoms with Crippen molar-refractivity contribution in [3.8, 4) is 5.75 Å². The van der Waals surface area contributed by atoms with E-state index in [0.717, 1.165) is 42.2 Å². The van der Waals surface area contributed by atoms with Crippen LogP contribution in [0.5, 0.6) is 5.75 Å². The summed E-state index contributed by atoms with van der Waals surface area (Å²) in [6, 6.07) is 6.99. The molecule has 120 valence electrons. The van der Waals surface area contributed by atoms with Gasteiger partial charge in [0, 0.05) is 18.0 Å². The first-order chi connectivity index (χ1) is 11.2. The first-order valence-electron chi connectivity index (χ1n) is 7.89. The second-order valence-electron chi connectivity index (χ2n) is 5.97. The fourth-order valence-electron chi connectivity index (χ4n) is 3.31. The molecule has 0 unspecified atom stereocenters. The van der Waals surface area contributed by atoms with Gasteiger partial charge in [0.1, 0.15) is 16.9 Å². The van der Waals surface area contributed by atoms with Crippen LogP contribution in [0.3, 0.4) is 0 Å². The topological polar surface area (TPSA) is 64.6 Å². The predicted molar refractivity (Wildman–Crippen MR) is 90.9 cm³/mol. The molecule has 1 atom stereocenters. The standard InChI is InChI=1S/C17H19N3O2S/c1-2-20-7-6-12-13(9-20)23-17-14(12)16(22)18-15(19-17)10-4-3-5-11(21)8-10/h3-5,8,15,19,21H,2,6-7,9H2,1H3,(H,18,22)/t15-/m1/s1. The Labute approximate surface area is 138 Å². The molecule has 6 heteroatoms. The third-order valence-electron chi connectivity index (χ3n) is 4.56. The van der Waals surface area contributed by atoms with Crippen LogP contribution in [0.15, 0.2) is 24.3 Å². The maximum Gasteiger partial charge on any atom is 0.256 e. The molecule has 2 aliphatic rings. The Morgan fingerprint density at radius 1 is 1.39 bits per heavy atom. The van der Waals surface area contributed by atoms with E-state index in [9.17, 15) is 9.90 Å². The van der Waals surface area contributed by atoms with E-state index in [1.165, 1.54) is 10.4 Å². The molecule has 4 rings (SSSR count). The van der Waals surface area contributed by atoms with E-state index >= 15 is 0 Å². The number of fused-ring (bicyclic) bond motifs is 3. The van der Waals surface area contributed by atoms with E-state index < -0.39 is 0 Å². The van der Waals surface area contributed by atoms with Crippen LogP contribution in [0.25, 0.3) is 0 Å². The molecule has 1 amide bonds. The normalized spacial score (nSPS) is 20.4. The maximum absolute atomic E-state index is 12.6. The highest BCUT2D eigenvalue weighted by atomic mass is 32.1. The van der Waals surface area contributed by atoms with Gasteiger partial charge in [-0.15, -0.1) is 11.3 Å². The number of carbonyl (C=O) groups excluding carboxylic acids is 1. The molecule has 0 fully saturated rings. The Balaban J connectivity index is 1.68. The predicted octanol–water partition coefficient (Wildman–Crippen LogP) is 2.69. The lowest BCUT2D eigenvalue weighted by Gasteiger charge is -2.28. The Hall–Kier alpha value is -2.05. The molecule has 0 aliphatic carbocycles. The molecule has 1 aromatic heterocycles. The Bertz CT molecular complexity index is 771. The average molecular weight is 329 g/mol. The monoisotopic (exact) mass is 329 g/mol. The van der Waals surface area contributed by atoms with E-state index in [-0.39, 0.29) is 17.8 Å². The highest BCUT2D eigenvalue weighted by Gasteiger charge is 2.33. The molecule has 5 nitrogen and oxygen atoms in total. The number of anilines is 1. The molecule has 3 heterocycles. The highest BCUT2D eigenvalue weighted by Crippen LogP contribution is 2.40. The van der Waals surface area contributed by atoms with Gasteiger partial charge in [-0.3, -0.25) is 9.69 Å². The number of likely N-dealkylation sites (N-methyl/N-ethyl adjacent to an activating group) is 1. The minimum atomic E-state index is -0.301. The summed E-state index contributed by atoms with van der Waals surface area (Å²) < 4.78 is 0. The third-order valence-corrected chi connectivity index (χ3v) is 5.71. The van der Waals surface area contributed by atoms with Crippen LogP contribution in [0.4, 0.5) is 5.00 Å². The highest BCUT2D eigenvalue weighted by molar-refractivity contribution is 7.16. The van der Waals surface area contributed by atoms with Gasteiger partial charge in [-0.05, 0) is 36.2 Å². The number of benzene rings is 1. The van der Waals surface area contributed by atoms with Gasteiger partial charge in [0.25, 0.3) is 5.91 Å². The molecule has 0 bridgehead atoms. The second kappa shape index (κ2) is 5.54. The van der Waals surface area contributed by atoms with Crippen molar-refractivity contribution in [2.75, 3.05) is 18.4 Å². The first-order valence-corrected chi connectivity index (χ1v) is 8.70. The Kier molecular flexibility index (Phi) is 3.50. The number of aromatic hydroxyl groups is 1. The Morgan fingerprint density at radius 3 is 3.04 bits per heavy atom. The fourth-order valence-corrected chi connectivity index (χ4v) is 4.63. The number of hydrogen-bond donors (Lipinski definition) is 3. The summed E-state index contributed by atoms with van der Waals surface area (Å²) in [6.45, 7) is 5.14. The number of thiophene rings is 1. The number of rotatable bonds is 2. The molecule has 2 aromatic rings. The zero-order chi connectivity index (χ0) is 16.0. The van der Waals surface area contributed by atoms with Gasteiger partial charge in [-0.25, -0.2) is 0 Å². The minimum absolute atomic E-state index is 0.0189. The van der Waals surface area contributed by atoms with E-state index in [0.29, 0.717) is 0 Å². The van der Waals surface area contributed by atoms with Crippen LogP contribution in [-0.4, -0.2) is 29.0 Å². The number of phenolic OH excluding ortho intramolecular Hbond substituents is 1. The third kappa shape index (κ3) is 2.48. The van der Waals surface area contributed by atoms with Crippen molar-refractivity contribution in [3.05, 3.63) is 45.8 Å². The summed E-state index contributed by atoms with van der Waals surface area (Å²) in [7, 11) is 0. The van der Waals surface area contributed by atoms with Gasteiger partial charge in [0.05, 0.1) is 5.56 Å². The molecule has 3 N–H and O–H groups in total. The van der Waals surface area contributed by atoms with Crippen molar-refractivity contribution in [2.24, 2.45) is 0 Å². The fraction of sp³-hybridized carbons (Fsp3) is 0.353. The summed E-state index contributed by atoms with van der Waals surface area (Å²) in [6.07, 6.45) is 0.630. The number of nitrogens with one attached hydrogen (secondary N) is 2. The summed E-state index contributed by atoms with van der Waals surface area (Å²) in [5.41, 5.74) is 2.87. The van der Waals surface area contributed by atoms with Crippen molar-refractivity contribution < 1.29 is 9.90 Å². The summed E-state index contributed by atoms with van der Waals surface area (Å²) >= 11 is 1.69. The van der Waals surface area contributed by atoms with Gasteiger partial charge in [-0.1, -0.05) is 19.1 Å². The molecule has 0 saturated heterocycles. The summed E-state index contributed by atoms with van der Waals surface area (Å²) in [4.78, 5) is 16.3. The SMILES string of the molecule is CCN1CCc2c(sc3c2C(=O)N[C@@H](c2cccc(O)c2)N3)C1. The van der Waals surface area contributed by atoms with Gasteiger partial charge in [0.15, 0.2) is 0 Å². The zero-order valence-electron chi connectivity index (χ0n) is 12.9. The smallest absolute Gasteiger partial charge is 0.256 e. The van der Waals surface area contributed by atoms with Crippen LogP contribution in [0, 0.1) is 0 Å². The van der Waals surface area contributed by atoms with Gasteiger partial charge < -0.3 is 15.7 Å². The summed E-state index contributed by atoms with van der Waals surface area (Å²) in [5.74, 6) is 0.183. The lowest BCUT2D eigenvalue weighted by Crippen LogP contribution is -2.38. The number of phenols is 1. The summed E-state index contributed by atoms with van der Waals surface area (Å²) in [5, 5.41) is 17.0. The lowest BCUT2D eigenvalue weighted by molar-refractivity contribution is 0.0934. The molecular weight excluding hydrogens is 310 g/mol. The van der Waals surface area contributed by atoms with Gasteiger partial charge in [-0.2, -0.15) is 0 Å². The van der Waals surface area contributed by atoms with Gasteiger partial charge in [0.2, 0.25) is 0 Å². The largest absolute Gasteiger partial charge is 0.508 e. The quantitative estimate of drug-likeness (QED) is 0.793. The van der Waals surface area contributed by atoms with Crippen LogP contribution in [0.2, 0.25) is 0 Å². The second-order valence-corrected chi connectivity index (χ2v) is 7.08. The number of hydrogen-bond acceptors (Lipinski definition) is 5. The van der Waals surface area contributed by atoms with Crippen LogP contribution in [-0.2, 0) is 13.0 Å². The molecule has 0 saturated carbocycles. The molecule has 0 spiro atoms. The molecule has 0 radical (unpaired) electrons. The van der Waals surface area contributed by atoms with E-state index in [2.05, 4.69) is 22.5 Å². The minimum Gasteiger partial charge on any atom is -0.508 e. The van der Waals surface area contributed by atoms with Crippen molar-refractivity contribution in [3.63, 3.8) is 0 Å². The van der Waals surface area contributed by atoms with Crippen molar-refractivity contribution in [2.45, 2.75) is 26.1 Å². The van der Waals surface area contributed by atoms with Crippen molar-refractivity contribution >= 4 is 22.2 Å². The first kappa shape index (κ1) is 14.5. The van der Waals surface area contributed by atoms with E-state index in [1.54, 1.807) is 29.5 Å². The van der Waals surface area contributed by atoms with Crippen LogP contribution in [0.1, 0.15) is 39.5 Å². The van der Waals surface area contributed by atoms with Crippen molar-refractivity contribution in [1.29, 1.82) is 0 Å². The molecule has 2 aliphatic heterocycles. The van der Waals surface area contributed by atoms with E-state index in [1.807, 2.05) is 6.07 Å². The van der Waals surface area contributed by atoms with Crippen molar-refractivity contribution in [1.82, 2.24) is 10.2 Å². The molecular formula is C17H19N3O2S. The number of carbonyl (C=O) groups is 1. The van der Waals surface area contributed by atoms with E-state index in [4.69, 9.17) is 0 Å². The number of nitrogens with zero attached hydrogens (tertiary/aromatic N) is 1. The van der Waals surface area contributed by atoms with Crippen LogP contribution >= 0.6 is 11.3 Å². The Morgan fingerprint density at radius 2 is 2.26 bits per heavy atom. The molecule has 1 aromatic carbocycles. The average Bonchev–Trinajstić information content (AvgIpc) is 2.92. The zero-order valence-corrected chi connectivity index (χ0v) is 13.7. The number of amides is 1. The maximum atomic E-state index is 12.6. The van der Waals surface area contributed by atoms with Gasteiger partial charge >= 0.3 is 0 Å². The lowest BCUT2D eigenvalue weighted by atomic mass is 10.0. The molecule has 23 heavy (non-hydrogen) atoms. The van der Waals surface area contributed by atoms with Crippen LogP contribution < -0.4 is 10.6 Å².